The summed E-state index contributed by atoms with van der Waals surface area (Å²) in [6, 6.07) is 5.15. The van der Waals surface area contributed by atoms with Crippen molar-refractivity contribution in [2.45, 2.75) is 25.7 Å². The molecule has 1 aliphatic rings. The van der Waals surface area contributed by atoms with Crippen molar-refractivity contribution in [2.24, 2.45) is 0 Å². The first-order valence-electron chi connectivity index (χ1n) is 6.44. The molecule has 0 aromatic heterocycles. The molecule has 0 spiro atoms. The van der Waals surface area contributed by atoms with Crippen LogP contribution in [0.1, 0.15) is 12.5 Å². The number of methoxy groups -OCH3 is 1. The molecule has 5 heteroatoms. The number of rotatable bonds is 4. The van der Waals surface area contributed by atoms with Gasteiger partial charge in [-0.05, 0) is 13.0 Å². The summed E-state index contributed by atoms with van der Waals surface area (Å²) in [4.78, 5) is 2.09. The zero-order valence-electron chi connectivity index (χ0n) is 11.3. The van der Waals surface area contributed by atoms with E-state index >= 15 is 0 Å². The smallest absolute Gasteiger partial charge is 0.169 e. The topological polar surface area (TPSA) is 41.9 Å². The summed E-state index contributed by atoms with van der Waals surface area (Å²) in [6.45, 7) is 3.77. The first kappa shape index (κ1) is 14.2. The molecule has 1 heterocycles. The fourth-order valence-corrected chi connectivity index (χ4v) is 2.45. The highest BCUT2D eigenvalue weighted by Crippen LogP contribution is 2.22. The molecule has 1 N–H and O–H groups in total. The lowest BCUT2D eigenvalue weighted by atomic mass is 10.1. The van der Waals surface area contributed by atoms with Crippen LogP contribution >= 0.6 is 0 Å². The quantitative estimate of drug-likeness (QED) is 0.897. The van der Waals surface area contributed by atoms with E-state index in [1.807, 2.05) is 6.92 Å². The van der Waals surface area contributed by atoms with Crippen LogP contribution in [0.5, 0.6) is 5.75 Å². The van der Waals surface area contributed by atoms with Crippen molar-refractivity contribution in [3.05, 3.63) is 29.6 Å². The van der Waals surface area contributed by atoms with E-state index in [4.69, 9.17) is 9.47 Å². The highest BCUT2D eigenvalue weighted by molar-refractivity contribution is 5.31. The lowest BCUT2D eigenvalue weighted by Crippen LogP contribution is -2.47. The van der Waals surface area contributed by atoms with Crippen molar-refractivity contribution in [1.82, 2.24) is 4.90 Å². The Balaban J connectivity index is 2.08. The Morgan fingerprint density at radius 2 is 2.26 bits per heavy atom. The lowest BCUT2D eigenvalue weighted by Gasteiger charge is -2.36. The Morgan fingerprint density at radius 3 is 2.95 bits per heavy atom. The predicted molar refractivity (Wildman–Crippen MR) is 69.6 cm³/mol. The molecule has 1 aromatic rings. The van der Waals surface area contributed by atoms with Gasteiger partial charge in [-0.1, -0.05) is 12.1 Å². The third-order valence-electron chi connectivity index (χ3n) is 3.26. The van der Waals surface area contributed by atoms with Crippen LogP contribution in [0.4, 0.5) is 4.39 Å². The van der Waals surface area contributed by atoms with Crippen LogP contribution < -0.4 is 4.74 Å². The van der Waals surface area contributed by atoms with E-state index in [0.717, 1.165) is 6.54 Å². The standard InChI is InChI=1S/C14H20FNO3/c1-10-6-16(8-12(9-17)19-10)7-11-4-3-5-13(18-2)14(11)15/h3-5,10,12,17H,6-9H2,1-2H3. The minimum atomic E-state index is -0.315. The molecule has 0 aliphatic carbocycles. The maximum Gasteiger partial charge on any atom is 0.169 e. The Labute approximate surface area is 112 Å². The van der Waals surface area contributed by atoms with Crippen LogP contribution in [0.15, 0.2) is 18.2 Å². The molecular formula is C14H20FNO3. The molecule has 19 heavy (non-hydrogen) atoms. The Kier molecular flexibility index (Phi) is 4.74. The number of ether oxygens (including phenoxy) is 2. The average Bonchev–Trinajstić information content (AvgIpc) is 2.40. The van der Waals surface area contributed by atoms with E-state index in [9.17, 15) is 9.50 Å². The van der Waals surface area contributed by atoms with Crippen LogP contribution in [-0.4, -0.2) is 49.0 Å². The van der Waals surface area contributed by atoms with Gasteiger partial charge in [-0.15, -0.1) is 0 Å². The van der Waals surface area contributed by atoms with Gasteiger partial charge in [0.2, 0.25) is 0 Å². The molecule has 2 rings (SSSR count). The van der Waals surface area contributed by atoms with Gasteiger partial charge in [-0.3, -0.25) is 4.90 Å². The van der Waals surface area contributed by atoms with Gasteiger partial charge in [-0.2, -0.15) is 0 Å². The van der Waals surface area contributed by atoms with Crippen molar-refractivity contribution in [3.63, 3.8) is 0 Å². The largest absolute Gasteiger partial charge is 0.494 e. The summed E-state index contributed by atoms with van der Waals surface area (Å²) in [7, 11) is 1.46. The highest BCUT2D eigenvalue weighted by atomic mass is 19.1. The SMILES string of the molecule is COc1cccc(CN2CC(C)OC(CO)C2)c1F. The van der Waals surface area contributed by atoms with Gasteiger partial charge in [0.1, 0.15) is 0 Å². The molecule has 2 atom stereocenters. The molecule has 1 saturated heterocycles. The first-order chi connectivity index (χ1) is 9.13. The van der Waals surface area contributed by atoms with Crippen molar-refractivity contribution < 1.29 is 19.0 Å². The van der Waals surface area contributed by atoms with Crippen molar-refractivity contribution in [2.75, 3.05) is 26.8 Å². The lowest BCUT2D eigenvalue weighted by molar-refractivity contribution is -0.0974. The molecule has 0 amide bonds. The van der Waals surface area contributed by atoms with E-state index in [1.165, 1.54) is 7.11 Å². The zero-order valence-corrected chi connectivity index (χ0v) is 11.3. The predicted octanol–water partition coefficient (Wildman–Crippen LogP) is 1.42. The Morgan fingerprint density at radius 1 is 1.47 bits per heavy atom. The second-order valence-electron chi connectivity index (χ2n) is 4.88. The first-order valence-corrected chi connectivity index (χ1v) is 6.44. The van der Waals surface area contributed by atoms with Crippen LogP contribution in [0.25, 0.3) is 0 Å². The maximum absolute atomic E-state index is 14.1. The van der Waals surface area contributed by atoms with Gasteiger partial charge in [0.25, 0.3) is 0 Å². The van der Waals surface area contributed by atoms with Crippen LogP contribution in [-0.2, 0) is 11.3 Å². The molecule has 0 saturated carbocycles. The summed E-state index contributed by atoms with van der Waals surface area (Å²) in [5, 5.41) is 9.18. The summed E-state index contributed by atoms with van der Waals surface area (Å²) in [5.41, 5.74) is 0.602. The molecule has 4 nitrogen and oxygen atoms in total. The van der Waals surface area contributed by atoms with E-state index in [0.29, 0.717) is 18.7 Å². The molecular weight excluding hydrogens is 249 g/mol. The zero-order chi connectivity index (χ0) is 13.8. The Hall–Kier alpha value is -1.17. The van der Waals surface area contributed by atoms with Crippen LogP contribution in [0.3, 0.4) is 0 Å². The molecule has 0 radical (unpaired) electrons. The molecule has 106 valence electrons. The number of benzene rings is 1. The third kappa shape index (κ3) is 3.43. The Bertz CT molecular complexity index is 427. The minimum absolute atomic E-state index is 0.0125. The van der Waals surface area contributed by atoms with E-state index in [2.05, 4.69) is 4.90 Å². The summed E-state index contributed by atoms with van der Waals surface area (Å²) >= 11 is 0. The highest BCUT2D eigenvalue weighted by Gasteiger charge is 2.25. The third-order valence-corrected chi connectivity index (χ3v) is 3.26. The van der Waals surface area contributed by atoms with E-state index in [1.54, 1.807) is 18.2 Å². The summed E-state index contributed by atoms with van der Waals surface area (Å²) in [5.74, 6) is -0.0535. The van der Waals surface area contributed by atoms with Crippen LogP contribution in [0.2, 0.25) is 0 Å². The number of nitrogens with zero attached hydrogens (tertiary/aromatic N) is 1. The molecule has 2 unspecified atom stereocenters. The number of morpholine rings is 1. The maximum atomic E-state index is 14.1. The number of aliphatic hydroxyl groups excluding tert-OH is 1. The average molecular weight is 269 g/mol. The fourth-order valence-electron chi connectivity index (χ4n) is 2.45. The van der Waals surface area contributed by atoms with Gasteiger partial charge in [0.05, 0.1) is 25.9 Å². The molecule has 0 bridgehead atoms. The van der Waals surface area contributed by atoms with Gasteiger partial charge in [0, 0.05) is 25.2 Å². The number of aliphatic hydroxyl groups is 1. The number of hydrogen-bond donors (Lipinski definition) is 1. The number of hydrogen-bond acceptors (Lipinski definition) is 4. The van der Waals surface area contributed by atoms with Gasteiger partial charge < -0.3 is 14.6 Å². The fraction of sp³-hybridized carbons (Fsp3) is 0.571. The van der Waals surface area contributed by atoms with Gasteiger partial charge in [0.15, 0.2) is 11.6 Å². The van der Waals surface area contributed by atoms with Crippen molar-refractivity contribution in [3.8, 4) is 5.75 Å². The monoisotopic (exact) mass is 269 g/mol. The minimum Gasteiger partial charge on any atom is -0.494 e. The molecule has 1 aromatic carbocycles. The summed E-state index contributed by atoms with van der Waals surface area (Å²) in [6.07, 6.45) is -0.156. The normalized spacial score (nSPS) is 24.4. The van der Waals surface area contributed by atoms with Crippen LogP contribution in [0, 0.1) is 5.82 Å². The van der Waals surface area contributed by atoms with E-state index < -0.39 is 0 Å². The summed E-state index contributed by atoms with van der Waals surface area (Å²) < 4.78 is 24.6. The van der Waals surface area contributed by atoms with Gasteiger partial charge >= 0.3 is 0 Å². The number of halogens is 1. The van der Waals surface area contributed by atoms with E-state index in [-0.39, 0.29) is 30.4 Å². The second-order valence-corrected chi connectivity index (χ2v) is 4.88. The van der Waals surface area contributed by atoms with Crippen molar-refractivity contribution >= 4 is 0 Å². The molecule has 1 fully saturated rings. The molecule has 1 aliphatic heterocycles. The van der Waals surface area contributed by atoms with Crippen molar-refractivity contribution in [1.29, 1.82) is 0 Å². The second kappa shape index (κ2) is 6.32. The van der Waals surface area contributed by atoms with Gasteiger partial charge in [-0.25, -0.2) is 4.39 Å².